The molecule has 3 nitrogen and oxygen atoms in total. The monoisotopic (exact) mass is 264 g/mol. The number of halogens is 2. The molecule has 78 valence electrons. The second-order valence-corrected chi connectivity index (χ2v) is 4.27. The van der Waals surface area contributed by atoms with Gasteiger partial charge in [-0.15, -0.1) is 0 Å². The molecule has 0 aromatic heterocycles. The van der Waals surface area contributed by atoms with Gasteiger partial charge in [0.1, 0.15) is 5.82 Å². The summed E-state index contributed by atoms with van der Waals surface area (Å²) in [5.74, 6) is -1.83. The first-order valence-electron chi connectivity index (χ1n) is 3.88. The fourth-order valence-electron chi connectivity index (χ4n) is 1.16. The molecule has 0 bridgehead atoms. The highest BCUT2D eigenvalue weighted by atomic mass is 79.9. The van der Waals surface area contributed by atoms with Gasteiger partial charge >= 0.3 is 0 Å². The number of aromatic hydroxyl groups is 2. The summed E-state index contributed by atoms with van der Waals surface area (Å²) in [5, 5.41) is 28.0. The van der Waals surface area contributed by atoms with Crippen molar-refractivity contribution in [2.24, 2.45) is 0 Å². The van der Waals surface area contributed by atoms with Crippen molar-refractivity contribution in [3.05, 3.63) is 21.9 Å². The van der Waals surface area contributed by atoms with E-state index < -0.39 is 22.9 Å². The zero-order chi connectivity index (χ0) is 11.1. The summed E-state index contributed by atoms with van der Waals surface area (Å²) >= 11 is 2.91. The summed E-state index contributed by atoms with van der Waals surface area (Å²) in [6.07, 6.45) is 0. The zero-order valence-electron chi connectivity index (χ0n) is 7.67. The van der Waals surface area contributed by atoms with Crippen molar-refractivity contribution >= 4 is 15.9 Å². The molecule has 0 heterocycles. The minimum Gasteiger partial charge on any atom is -0.504 e. The van der Waals surface area contributed by atoms with Gasteiger partial charge in [0, 0.05) is 11.6 Å². The third kappa shape index (κ3) is 1.83. The molecule has 0 amide bonds. The average molecular weight is 265 g/mol. The number of hydrogen-bond donors (Lipinski definition) is 3. The van der Waals surface area contributed by atoms with Gasteiger partial charge < -0.3 is 15.3 Å². The molecular weight excluding hydrogens is 255 g/mol. The molecule has 14 heavy (non-hydrogen) atoms. The van der Waals surface area contributed by atoms with Crippen LogP contribution in [0.5, 0.6) is 11.5 Å². The molecule has 3 N–H and O–H groups in total. The standard InChI is InChI=1S/C9H10BrFO3/c1-9(2,14)6-4(11)3-5(12)8(13)7(6)10/h3,12-14H,1-2H3. The average Bonchev–Trinajstić information content (AvgIpc) is 1.97. The van der Waals surface area contributed by atoms with E-state index >= 15 is 0 Å². The van der Waals surface area contributed by atoms with E-state index in [1.54, 1.807) is 0 Å². The molecule has 1 rings (SSSR count). The van der Waals surface area contributed by atoms with Crippen LogP contribution in [0.25, 0.3) is 0 Å². The van der Waals surface area contributed by atoms with Crippen LogP contribution in [0.2, 0.25) is 0 Å². The van der Waals surface area contributed by atoms with E-state index in [-0.39, 0.29) is 10.0 Å². The van der Waals surface area contributed by atoms with E-state index in [0.29, 0.717) is 0 Å². The largest absolute Gasteiger partial charge is 0.504 e. The number of rotatable bonds is 1. The van der Waals surface area contributed by atoms with Gasteiger partial charge in [0.25, 0.3) is 0 Å². The van der Waals surface area contributed by atoms with Gasteiger partial charge in [-0.3, -0.25) is 0 Å². The lowest BCUT2D eigenvalue weighted by Crippen LogP contribution is -2.18. The Hall–Kier alpha value is -0.810. The maximum Gasteiger partial charge on any atom is 0.172 e. The molecule has 0 aliphatic rings. The highest BCUT2D eigenvalue weighted by Crippen LogP contribution is 2.41. The van der Waals surface area contributed by atoms with Gasteiger partial charge in [0.05, 0.1) is 10.1 Å². The quantitative estimate of drug-likeness (QED) is 0.682. The van der Waals surface area contributed by atoms with Crippen LogP contribution in [0.1, 0.15) is 19.4 Å². The van der Waals surface area contributed by atoms with Crippen LogP contribution in [0.15, 0.2) is 10.5 Å². The Morgan fingerprint density at radius 2 is 1.86 bits per heavy atom. The highest BCUT2D eigenvalue weighted by Gasteiger charge is 2.27. The highest BCUT2D eigenvalue weighted by molar-refractivity contribution is 9.10. The van der Waals surface area contributed by atoms with Crippen molar-refractivity contribution in [2.45, 2.75) is 19.4 Å². The molecule has 0 unspecified atom stereocenters. The molecule has 0 aliphatic heterocycles. The summed E-state index contributed by atoms with van der Waals surface area (Å²) in [4.78, 5) is 0. The van der Waals surface area contributed by atoms with Crippen LogP contribution in [-0.2, 0) is 5.60 Å². The lowest BCUT2D eigenvalue weighted by Gasteiger charge is -2.21. The summed E-state index contributed by atoms with van der Waals surface area (Å²) in [7, 11) is 0. The molecular formula is C9H10BrFO3. The van der Waals surface area contributed by atoms with Crippen molar-refractivity contribution < 1.29 is 19.7 Å². The van der Waals surface area contributed by atoms with Crippen molar-refractivity contribution in [3.63, 3.8) is 0 Å². The van der Waals surface area contributed by atoms with Crippen molar-refractivity contribution in [1.82, 2.24) is 0 Å². The Bertz CT molecular complexity index is 371. The minimum absolute atomic E-state index is 0.0394. The Morgan fingerprint density at radius 1 is 1.36 bits per heavy atom. The maximum absolute atomic E-state index is 13.3. The van der Waals surface area contributed by atoms with Crippen LogP contribution in [0, 0.1) is 5.82 Å². The van der Waals surface area contributed by atoms with E-state index in [0.717, 1.165) is 6.07 Å². The lowest BCUT2D eigenvalue weighted by atomic mass is 9.97. The van der Waals surface area contributed by atoms with Crippen molar-refractivity contribution in [1.29, 1.82) is 0 Å². The number of phenolic OH excluding ortho intramolecular Hbond substituents is 2. The van der Waals surface area contributed by atoms with E-state index in [1.165, 1.54) is 13.8 Å². The van der Waals surface area contributed by atoms with Gasteiger partial charge in [0.15, 0.2) is 11.5 Å². The van der Waals surface area contributed by atoms with Crippen molar-refractivity contribution in [3.8, 4) is 11.5 Å². The number of benzene rings is 1. The molecule has 0 spiro atoms. The summed E-state index contributed by atoms with van der Waals surface area (Å²) in [6, 6.07) is 0.757. The third-order valence-electron chi connectivity index (χ3n) is 1.78. The van der Waals surface area contributed by atoms with E-state index in [1.807, 2.05) is 0 Å². The third-order valence-corrected chi connectivity index (χ3v) is 2.56. The molecule has 0 aliphatic carbocycles. The molecule has 0 atom stereocenters. The topological polar surface area (TPSA) is 60.7 Å². The van der Waals surface area contributed by atoms with Crippen LogP contribution >= 0.6 is 15.9 Å². The van der Waals surface area contributed by atoms with Crippen LogP contribution < -0.4 is 0 Å². The summed E-state index contributed by atoms with van der Waals surface area (Å²) < 4.78 is 13.3. The van der Waals surface area contributed by atoms with Gasteiger partial charge in [0.2, 0.25) is 0 Å². The van der Waals surface area contributed by atoms with Crippen molar-refractivity contribution in [2.75, 3.05) is 0 Å². The Morgan fingerprint density at radius 3 is 2.29 bits per heavy atom. The first-order valence-corrected chi connectivity index (χ1v) is 4.67. The van der Waals surface area contributed by atoms with E-state index in [9.17, 15) is 14.6 Å². The first kappa shape index (κ1) is 11.3. The van der Waals surface area contributed by atoms with Gasteiger partial charge in [-0.25, -0.2) is 4.39 Å². The van der Waals surface area contributed by atoms with Crippen LogP contribution in [-0.4, -0.2) is 15.3 Å². The fourth-order valence-corrected chi connectivity index (χ4v) is 2.03. The van der Waals surface area contributed by atoms with Gasteiger partial charge in [-0.05, 0) is 29.8 Å². The zero-order valence-corrected chi connectivity index (χ0v) is 9.26. The fraction of sp³-hybridized carbons (Fsp3) is 0.333. The molecule has 0 saturated heterocycles. The summed E-state index contributed by atoms with van der Waals surface area (Å²) in [6.45, 7) is 2.76. The molecule has 0 radical (unpaired) electrons. The maximum atomic E-state index is 13.3. The molecule has 0 saturated carbocycles. The van der Waals surface area contributed by atoms with E-state index in [4.69, 9.17) is 5.11 Å². The number of phenols is 2. The predicted octanol–water partition coefficient (Wildman–Crippen LogP) is 2.23. The smallest absolute Gasteiger partial charge is 0.172 e. The van der Waals surface area contributed by atoms with Crippen LogP contribution in [0.3, 0.4) is 0 Å². The van der Waals surface area contributed by atoms with Gasteiger partial charge in [-0.2, -0.15) is 0 Å². The second kappa shape index (κ2) is 3.40. The molecule has 0 fully saturated rings. The molecule has 1 aromatic rings. The normalized spacial score (nSPS) is 11.8. The number of hydrogen-bond acceptors (Lipinski definition) is 3. The Balaban J connectivity index is 3.53. The Kier molecular flexibility index (Phi) is 2.74. The minimum atomic E-state index is -1.44. The molecule has 5 heteroatoms. The Labute approximate surface area is 88.9 Å². The van der Waals surface area contributed by atoms with E-state index in [2.05, 4.69) is 15.9 Å². The molecule has 1 aromatic carbocycles. The van der Waals surface area contributed by atoms with Gasteiger partial charge in [-0.1, -0.05) is 0 Å². The lowest BCUT2D eigenvalue weighted by molar-refractivity contribution is 0.0732. The number of aliphatic hydroxyl groups is 1. The SMILES string of the molecule is CC(C)(O)c1c(F)cc(O)c(O)c1Br. The summed E-state index contributed by atoms with van der Waals surface area (Å²) in [5.41, 5.74) is -1.53. The second-order valence-electron chi connectivity index (χ2n) is 3.47. The van der Waals surface area contributed by atoms with Crippen LogP contribution in [0.4, 0.5) is 4.39 Å². The first-order chi connectivity index (χ1) is 6.25. The predicted molar refractivity (Wildman–Crippen MR) is 52.7 cm³/mol.